The van der Waals surface area contributed by atoms with Gasteiger partial charge in [-0.05, 0) is 30.7 Å². The van der Waals surface area contributed by atoms with Crippen molar-refractivity contribution in [2.75, 3.05) is 7.05 Å². The number of amides is 1. The Morgan fingerprint density at radius 3 is 2.68 bits per heavy atom. The molecule has 0 atom stereocenters. The summed E-state index contributed by atoms with van der Waals surface area (Å²) < 4.78 is 5.70. The minimum Gasteiger partial charge on any atom is -0.508 e. The third-order valence-corrected chi connectivity index (χ3v) is 3.71. The number of hydrogen-bond donors (Lipinski definition) is 1. The van der Waals surface area contributed by atoms with E-state index in [0.717, 1.165) is 16.5 Å². The van der Waals surface area contributed by atoms with Crippen molar-refractivity contribution in [1.82, 2.24) is 4.90 Å². The lowest BCUT2D eigenvalue weighted by Crippen LogP contribution is -2.26. The van der Waals surface area contributed by atoms with Gasteiger partial charge in [-0.2, -0.15) is 0 Å². The Balaban J connectivity index is 1.87. The molecule has 2 aromatic carbocycles. The van der Waals surface area contributed by atoms with Crippen molar-refractivity contribution >= 4 is 16.9 Å². The summed E-state index contributed by atoms with van der Waals surface area (Å²) in [7, 11) is 1.72. The molecule has 0 saturated carbocycles. The summed E-state index contributed by atoms with van der Waals surface area (Å²) in [6.07, 6.45) is 0. The van der Waals surface area contributed by atoms with Gasteiger partial charge >= 0.3 is 0 Å². The van der Waals surface area contributed by atoms with Crippen molar-refractivity contribution in [3.8, 4) is 5.75 Å². The van der Waals surface area contributed by atoms with Crippen LogP contribution in [0.3, 0.4) is 0 Å². The molecule has 0 bridgehead atoms. The standard InChI is InChI=1S/C18H17NO3/c1-12-15-8-3-4-9-16(15)22-17(12)18(21)19(2)11-13-6-5-7-14(20)10-13/h3-10,20H,11H2,1-2H3. The van der Waals surface area contributed by atoms with Gasteiger partial charge < -0.3 is 14.4 Å². The van der Waals surface area contributed by atoms with Gasteiger partial charge in [0.15, 0.2) is 5.76 Å². The van der Waals surface area contributed by atoms with Crippen LogP contribution in [0.1, 0.15) is 21.7 Å². The largest absolute Gasteiger partial charge is 0.508 e. The van der Waals surface area contributed by atoms with E-state index in [1.54, 1.807) is 30.1 Å². The molecule has 3 rings (SSSR count). The fourth-order valence-corrected chi connectivity index (χ4v) is 2.55. The molecule has 1 aromatic heterocycles. The highest BCUT2D eigenvalue weighted by Crippen LogP contribution is 2.26. The Hall–Kier alpha value is -2.75. The van der Waals surface area contributed by atoms with E-state index >= 15 is 0 Å². The third-order valence-electron chi connectivity index (χ3n) is 3.71. The van der Waals surface area contributed by atoms with Crippen LogP contribution in [-0.2, 0) is 6.54 Å². The molecule has 1 heterocycles. The Bertz CT molecular complexity index is 835. The number of phenolic OH excluding ortho intramolecular Hbond substituents is 1. The van der Waals surface area contributed by atoms with Gasteiger partial charge in [0.1, 0.15) is 11.3 Å². The summed E-state index contributed by atoms with van der Waals surface area (Å²) in [5.74, 6) is 0.388. The van der Waals surface area contributed by atoms with Crippen LogP contribution in [0.25, 0.3) is 11.0 Å². The molecule has 0 aliphatic heterocycles. The minimum absolute atomic E-state index is 0.169. The molecule has 1 N–H and O–H groups in total. The first-order chi connectivity index (χ1) is 10.6. The number of para-hydroxylation sites is 1. The Kier molecular flexibility index (Phi) is 3.59. The number of aromatic hydroxyl groups is 1. The highest BCUT2D eigenvalue weighted by atomic mass is 16.3. The first-order valence-corrected chi connectivity index (χ1v) is 7.08. The highest BCUT2D eigenvalue weighted by Gasteiger charge is 2.20. The first kappa shape index (κ1) is 14.2. The number of nitrogens with zero attached hydrogens (tertiary/aromatic N) is 1. The summed E-state index contributed by atoms with van der Waals surface area (Å²) in [4.78, 5) is 14.2. The molecule has 4 heteroatoms. The molecule has 22 heavy (non-hydrogen) atoms. The summed E-state index contributed by atoms with van der Waals surface area (Å²) in [6.45, 7) is 2.30. The first-order valence-electron chi connectivity index (χ1n) is 7.08. The van der Waals surface area contributed by atoms with Crippen LogP contribution < -0.4 is 0 Å². The lowest BCUT2D eigenvalue weighted by Gasteiger charge is -2.16. The number of aryl methyl sites for hydroxylation is 1. The Morgan fingerprint density at radius 2 is 1.95 bits per heavy atom. The van der Waals surface area contributed by atoms with Crippen LogP contribution in [0.2, 0.25) is 0 Å². The van der Waals surface area contributed by atoms with Crippen molar-refractivity contribution in [3.05, 3.63) is 65.4 Å². The van der Waals surface area contributed by atoms with Gasteiger partial charge in [0.25, 0.3) is 5.91 Å². The number of benzene rings is 2. The number of fused-ring (bicyclic) bond motifs is 1. The number of hydrogen-bond acceptors (Lipinski definition) is 3. The van der Waals surface area contributed by atoms with Crippen LogP contribution in [-0.4, -0.2) is 23.0 Å². The lowest BCUT2D eigenvalue weighted by atomic mass is 10.1. The average Bonchev–Trinajstić information content (AvgIpc) is 2.84. The molecule has 0 saturated heterocycles. The molecule has 0 spiro atoms. The van der Waals surface area contributed by atoms with E-state index in [1.165, 1.54) is 0 Å². The number of rotatable bonds is 3. The minimum atomic E-state index is -0.169. The van der Waals surface area contributed by atoms with Crippen molar-refractivity contribution < 1.29 is 14.3 Å². The van der Waals surface area contributed by atoms with E-state index < -0.39 is 0 Å². The molecule has 0 aliphatic carbocycles. The maximum Gasteiger partial charge on any atom is 0.289 e. The van der Waals surface area contributed by atoms with Crippen LogP contribution >= 0.6 is 0 Å². The zero-order chi connectivity index (χ0) is 15.7. The summed E-state index contributed by atoms with van der Waals surface area (Å²) in [6, 6.07) is 14.5. The van der Waals surface area contributed by atoms with E-state index in [2.05, 4.69) is 0 Å². The maximum absolute atomic E-state index is 12.6. The highest BCUT2D eigenvalue weighted by molar-refractivity contribution is 5.98. The smallest absolute Gasteiger partial charge is 0.289 e. The molecular weight excluding hydrogens is 278 g/mol. The second kappa shape index (κ2) is 5.56. The molecular formula is C18H17NO3. The molecule has 112 valence electrons. The SMILES string of the molecule is Cc1c(C(=O)N(C)Cc2cccc(O)c2)oc2ccccc12. The van der Waals surface area contributed by atoms with Crippen molar-refractivity contribution in [2.24, 2.45) is 0 Å². The Morgan fingerprint density at radius 1 is 1.18 bits per heavy atom. The number of furan rings is 1. The number of phenols is 1. The van der Waals surface area contributed by atoms with Gasteiger partial charge in [-0.15, -0.1) is 0 Å². The molecule has 4 nitrogen and oxygen atoms in total. The summed E-state index contributed by atoms with van der Waals surface area (Å²) in [5.41, 5.74) is 2.43. The Labute approximate surface area is 128 Å². The van der Waals surface area contributed by atoms with Crippen LogP contribution in [0.5, 0.6) is 5.75 Å². The average molecular weight is 295 g/mol. The quantitative estimate of drug-likeness (QED) is 0.801. The molecule has 1 amide bonds. The summed E-state index contributed by atoms with van der Waals surface area (Å²) >= 11 is 0. The van der Waals surface area contributed by atoms with E-state index in [9.17, 15) is 9.90 Å². The van der Waals surface area contributed by atoms with E-state index in [0.29, 0.717) is 17.9 Å². The predicted molar refractivity (Wildman–Crippen MR) is 84.9 cm³/mol. The fourth-order valence-electron chi connectivity index (χ4n) is 2.55. The molecule has 3 aromatic rings. The van der Waals surface area contributed by atoms with Crippen LogP contribution in [0.4, 0.5) is 0 Å². The van der Waals surface area contributed by atoms with Crippen molar-refractivity contribution in [2.45, 2.75) is 13.5 Å². The van der Waals surface area contributed by atoms with Crippen LogP contribution in [0.15, 0.2) is 52.9 Å². The number of carbonyl (C=O) groups excluding carboxylic acids is 1. The second-order valence-corrected chi connectivity index (χ2v) is 5.38. The van der Waals surface area contributed by atoms with Gasteiger partial charge in [0, 0.05) is 24.5 Å². The zero-order valence-electron chi connectivity index (χ0n) is 12.5. The topological polar surface area (TPSA) is 53.7 Å². The monoisotopic (exact) mass is 295 g/mol. The normalized spacial score (nSPS) is 10.8. The zero-order valence-corrected chi connectivity index (χ0v) is 12.5. The number of carbonyl (C=O) groups is 1. The maximum atomic E-state index is 12.6. The van der Waals surface area contributed by atoms with Gasteiger partial charge in [0.2, 0.25) is 0 Å². The fraction of sp³-hybridized carbons (Fsp3) is 0.167. The van der Waals surface area contributed by atoms with E-state index in [4.69, 9.17) is 4.42 Å². The molecule has 0 aliphatic rings. The predicted octanol–water partition coefficient (Wildman–Crippen LogP) is 3.72. The van der Waals surface area contributed by atoms with E-state index in [-0.39, 0.29) is 11.7 Å². The van der Waals surface area contributed by atoms with Crippen molar-refractivity contribution in [1.29, 1.82) is 0 Å². The second-order valence-electron chi connectivity index (χ2n) is 5.38. The van der Waals surface area contributed by atoms with Crippen molar-refractivity contribution in [3.63, 3.8) is 0 Å². The van der Waals surface area contributed by atoms with Gasteiger partial charge in [0.05, 0.1) is 0 Å². The van der Waals surface area contributed by atoms with E-state index in [1.807, 2.05) is 37.3 Å². The molecule has 0 radical (unpaired) electrons. The van der Waals surface area contributed by atoms with Gasteiger partial charge in [-0.1, -0.05) is 30.3 Å². The lowest BCUT2D eigenvalue weighted by molar-refractivity contribution is 0.0754. The molecule has 0 fully saturated rings. The van der Waals surface area contributed by atoms with Gasteiger partial charge in [-0.25, -0.2) is 0 Å². The van der Waals surface area contributed by atoms with Crippen LogP contribution in [0, 0.1) is 6.92 Å². The summed E-state index contributed by atoms with van der Waals surface area (Å²) in [5, 5.41) is 10.5. The molecule has 0 unspecified atom stereocenters. The third kappa shape index (κ3) is 2.55. The van der Waals surface area contributed by atoms with Gasteiger partial charge in [-0.3, -0.25) is 4.79 Å².